The monoisotopic (exact) mass is 370 g/mol. The number of hydrogen-bond donors (Lipinski definition) is 1. The van der Waals surface area contributed by atoms with Gasteiger partial charge in [0.15, 0.2) is 0 Å². The number of aromatic nitrogens is 1. The smallest absolute Gasteiger partial charge is 0.235 e. The van der Waals surface area contributed by atoms with Gasteiger partial charge in [-0.25, -0.2) is 8.42 Å². The topological polar surface area (TPSA) is 68.3 Å². The van der Waals surface area contributed by atoms with E-state index in [2.05, 4.69) is 25.6 Å². The number of benzene rings is 1. The highest BCUT2D eigenvalue weighted by atomic mass is 79.9. The lowest BCUT2D eigenvalue weighted by molar-refractivity contribution is 0.0984. The van der Waals surface area contributed by atoms with E-state index in [0.717, 1.165) is 9.86 Å². The van der Waals surface area contributed by atoms with Gasteiger partial charge in [0.05, 0.1) is 16.5 Å². The Morgan fingerprint density at radius 2 is 2.05 bits per heavy atom. The molecular weight excluding hydrogens is 356 g/mol. The molecule has 0 radical (unpaired) electrons. The van der Waals surface area contributed by atoms with Crippen LogP contribution in [0.3, 0.4) is 0 Å². The largest absolute Gasteiger partial charge is 0.381 e. The lowest BCUT2D eigenvalue weighted by Crippen LogP contribution is -2.33. The molecule has 112 valence electrons. The minimum atomic E-state index is -3.42. The van der Waals surface area contributed by atoms with Crippen LogP contribution in [0.4, 0.5) is 5.69 Å². The van der Waals surface area contributed by atoms with Gasteiger partial charge in [0, 0.05) is 29.3 Å². The van der Waals surface area contributed by atoms with Crippen LogP contribution in [-0.4, -0.2) is 31.9 Å². The molecule has 1 aliphatic rings. The number of anilines is 1. The third kappa shape index (κ3) is 3.20. The summed E-state index contributed by atoms with van der Waals surface area (Å²) in [6, 6.07) is 7.37. The molecule has 0 atom stereocenters. The molecule has 5 nitrogen and oxygen atoms in total. The van der Waals surface area contributed by atoms with E-state index in [1.54, 1.807) is 12.3 Å². The molecule has 1 saturated heterocycles. The predicted octanol–water partition coefficient (Wildman–Crippen LogP) is 2.92. The van der Waals surface area contributed by atoms with Gasteiger partial charge in [0.25, 0.3) is 0 Å². The van der Waals surface area contributed by atoms with Gasteiger partial charge in [-0.1, -0.05) is 12.1 Å². The van der Waals surface area contributed by atoms with E-state index >= 15 is 0 Å². The second-order valence-electron chi connectivity index (χ2n) is 4.99. The van der Waals surface area contributed by atoms with Gasteiger partial charge in [0.2, 0.25) is 10.0 Å². The number of para-hydroxylation sites is 1. The van der Waals surface area contributed by atoms with E-state index in [9.17, 15) is 8.42 Å². The maximum absolute atomic E-state index is 12.5. The number of sulfonamides is 1. The Labute approximate surface area is 131 Å². The minimum absolute atomic E-state index is 0.406. The molecule has 0 aliphatic carbocycles. The van der Waals surface area contributed by atoms with Crippen LogP contribution < -0.4 is 4.72 Å². The van der Waals surface area contributed by atoms with Crippen molar-refractivity contribution < 1.29 is 13.2 Å². The van der Waals surface area contributed by atoms with Crippen molar-refractivity contribution in [3.8, 4) is 0 Å². The van der Waals surface area contributed by atoms with E-state index in [-0.39, 0.29) is 0 Å². The first-order valence-corrected chi connectivity index (χ1v) is 9.04. The van der Waals surface area contributed by atoms with Crippen molar-refractivity contribution in [2.45, 2.75) is 18.1 Å². The summed E-state index contributed by atoms with van der Waals surface area (Å²) in [5.74, 6) is 0. The summed E-state index contributed by atoms with van der Waals surface area (Å²) >= 11 is 3.37. The van der Waals surface area contributed by atoms with Gasteiger partial charge >= 0.3 is 0 Å². The Kier molecular flexibility index (Phi) is 4.14. The fraction of sp³-hybridized carbons (Fsp3) is 0.357. The number of fused-ring (bicyclic) bond motifs is 1. The molecule has 2 heterocycles. The van der Waals surface area contributed by atoms with E-state index in [4.69, 9.17) is 4.74 Å². The molecule has 1 fully saturated rings. The summed E-state index contributed by atoms with van der Waals surface area (Å²) < 4.78 is 33.7. The van der Waals surface area contributed by atoms with Crippen molar-refractivity contribution in [2.24, 2.45) is 0 Å². The van der Waals surface area contributed by atoms with Crippen LogP contribution >= 0.6 is 15.9 Å². The first-order valence-electron chi connectivity index (χ1n) is 6.70. The summed E-state index contributed by atoms with van der Waals surface area (Å²) in [5.41, 5.74) is 1.17. The summed E-state index contributed by atoms with van der Waals surface area (Å²) in [6.45, 7) is 0.985. The fourth-order valence-corrected chi connectivity index (χ4v) is 4.24. The summed E-state index contributed by atoms with van der Waals surface area (Å²) in [5, 5.41) is 0.480. The van der Waals surface area contributed by atoms with Crippen LogP contribution in [0, 0.1) is 0 Å². The number of nitrogens with one attached hydrogen (secondary N) is 1. The molecule has 1 aromatic heterocycles. The predicted molar refractivity (Wildman–Crippen MR) is 85.8 cm³/mol. The van der Waals surface area contributed by atoms with Gasteiger partial charge in [-0.2, -0.15) is 0 Å². The summed E-state index contributed by atoms with van der Waals surface area (Å²) in [6.07, 6.45) is 2.72. The van der Waals surface area contributed by atoms with Crippen molar-refractivity contribution in [2.75, 3.05) is 17.9 Å². The standard InChI is InChI=1S/C14H15BrN2O3S/c15-11-8-10-2-1-3-13(14(10)16-9-11)17-21(18,19)12-4-6-20-7-5-12/h1-3,8-9,12,17H,4-7H2. The third-order valence-electron chi connectivity index (χ3n) is 3.54. The van der Waals surface area contributed by atoms with Crippen LogP contribution in [0.1, 0.15) is 12.8 Å². The second kappa shape index (κ2) is 5.90. The van der Waals surface area contributed by atoms with Crippen molar-refractivity contribution in [3.63, 3.8) is 0 Å². The normalized spacial score (nSPS) is 17.0. The molecule has 0 saturated carbocycles. The van der Waals surface area contributed by atoms with Crippen molar-refractivity contribution in [3.05, 3.63) is 34.9 Å². The highest BCUT2D eigenvalue weighted by Crippen LogP contribution is 2.26. The minimum Gasteiger partial charge on any atom is -0.381 e. The zero-order chi connectivity index (χ0) is 14.9. The van der Waals surface area contributed by atoms with E-state index in [0.29, 0.717) is 37.3 Å². The maximum Gasteiger partial charge on any atom is 0.235 e. The lowest BCUT2D eigenvalue weighted by Gasteiger charge is -2.23. The number of ether oxygens (including phenoxy) is 1. The Morgan fingerprint density at radius 3 is 2.81 bits per heavy atom. The average molecular weight is 371 g/mol. The third-order valence-corrected chi connectivity index (χ3v) is 5.82. The second-order valence-corrected chi connectivity index (χ2v) is 7.87. The summed E-state index contributed by atoms with van der Waals surface area (Å²) in [4.78, 5) is 4.31. The van der Waals surface area contributed by atoms with Gasteiger partial charge in [0.1, 0.15) is 0 Å². The van der Waals surface area contributed by atoms with Crippen LogP contribution in [-0.2, 0) is 14.8 Å². The number of hydrogen-bond acceptors (Lipinski definition) is 4. The van der Waals surface area contributed by atoms with Crippen molar-refractivity contribution >= 4 is 42.5 Å². The molecule has 0 unspecified atom stereocenters. The number of nitrogens with zero attached hydrogens (tertiary/aromatic N) is 1. The molecule has 7 heteroatoms. The van der Waals surface area contributed by atoms with E-state index in [1.165, 1.54) is 0 Å². The zero-order valence-electron chi connectivity index (χ0n) is 11.3. The first-order chi connectivity index (χ1) is 10.1. The van der Waals surface area contributed by atoms with E-state index < -0.39 is 15.3 Å². The lowest BCUT2D eigenvalue weighted by atomic mass is 10.2. The Balaban J connectivity index is 1.94. The molecule has 3 rings (SSSR count). The fourth-order valence-electron chi connectivity index (χ4n) is 2.44. The number of pyridine rings is 1. The first kappa shape index (κ1) is 14.7. The zero-order valence-corrected chi connectivity index (χ0v) is 13.7. The molecule has 0 spiro atoms. The molecule has 21 heavy (non-hydrogen) atoms. The average Bonchev–Trinajstić information content (AvgIpc) is 2.48. The van der Waals surface area contributed by atoms with Crippen LogP contribution in [0.25, 0.3) is 10.9 Å². The molecule has 0 amide bonds. The highest BCUT2D eigenvalue weighted by molar-refractivity contribution is 9.10. The van der Waals surface area contributed by atoms with Gasteiger partial charge in [-0.3, -0.25) is 9.71 Å². The van der Waals surface area contributed by atoms with Crippen LogP contribution in [0.2, 0.25) is 0 Å². The van der Waals surface area contributed by atoms with Gasteiger partial charge in [-0.05, 0) is 40.9 Å². The molecular formula is C14H15BrN2O3S. The highest BCUT2D eigenvalue weighted by Gasteiger charge is 2.28. The van der Waals surface area contributed by atoms with Crippen molar-refractivity contribution in [1.82, 2.24) is 4.98 Å². The molecule has 0 bridgehead atoms. The van der Waals surface area contributed by atoms with Crippen molar-refractivity contribution in [1.29, 1.82) is 0 Å². The molecule has 2 aromatic rings. The maximum atomic E-state index is 12.5. The van der Waals surface area contributed by atoms with Crippen LogP contribution in [0.5, 0.6) is 0 Å². The number of rotatable bonds is 3. The van der Waals surface area contributed by atoms with Gasteiger partial charge < -0.3 is 4.74 Å². The Morgan fingerprint density at radius 1 is 1.29 bits per heavy atom. The van der Waals surface area contributed by atoms with Gasteiger partial charge in [-0.15, -0.1) is 0 Å². The van der Waals surface area contributed by atoms with Crippen LogP contribution in [0.15, 0.2) is 34.9 Å². The summed E-state index contributed by atoms with van der Waals surface area (Å²) in [7, 11) is -3.42. The molecule has 1 aliphatic heterocycles. The van der Waals surface area contributed by atoms with E-state index in [1.807, 2.05) is 18.2 Å². The Hall–Kier alpha value is -1.18. The molecule has 1 aromatic carbocycles. The quantitative estimate of drug-likeness (QED) is 0.901. The SMILES string of the molecule is O=S(=O)(Nc1cccc2cc(Br)cnc12)C1CCOCC1. The Bertz CT molecular complexity index is 758. The molecule has 1 N–H and O–H groups in total. The number of halogens is 1.